The van der Waals surface area contributed by atoms with Crippen molar-refractivity contribution in [2.24, 2.45) is 0 Å². The lowest BCUT2D eigenvalue weighted by Gasteiger charge is -2.22. The summed E-state index contributed by atoms with van der Waals surface area (Å²) in [6.45, 7) is 4.30. The fourth-order valence-corrected chi connectivity index (χ4v) is 3.63. The number of aryl methyl sites for hydroxylation is 2. The van der Waals surface area contributed by atoms with Crippen LogP contribution in [0.1, 0.15) is 23.1 Å². The highest BCUT2D eigenvalue weighted by molar-refractivity contribution is 7.92. The predicted octanol–water partition coefficient (Wildman–Crippen LogP) is 3.43. The molecule has 0 saturated carbocycles. The van der Waals surface area contributed by atoms with E-state index in [4.69, 9.17) is 11.6 Å². The van der Waals surface area contributed by atoms with Gasteiger partial charge in [-0.15, -0.1) is 0 Å². The summed E-state index contributed by atoms with van der Waals surface area (Å²) in [5.41, 5.74) is 3.44. The third-order valence-electron chi connectivity index (χ3n) is 3.96. The highest BCUT2D eigenvalue weighted by atomic mass is 35.5. The van der Waals surface area contributed by atoms with Gasteiger partial charge >= 0.3 is 0 Å². The summed E-state index contributed by atoms with van der Waals surface area (Å²) in [6, 6.07) is 12.9. The molecule has 5 nitrogen and oxygen atoms in total. The van der Waals surface area contributed by atoms with Crippen molar-refractivity contribution in [2.45, 2.75) is 26.8 Å². The first kappa shape index (κ1) is 20.3. The van der Waals surface area contributed by atoms with E-state index in [1.807, 2.05) is 38.1 Å². The lowest BCUT2D eigenvalue weighted by Crippen LogP contribution is -2.34. The standard InChI is InChI=1S/C19H23ClN2O3S/c1-14-5-4-6-16(11-14)13-21-19(23)9-10-22(26(3,24)25)17-8-7-15(2)18(20)12-17/h4-8,11-12H,9-10,13H2,1-3H3,(H,21,23). The Morgan fingerprint density at radius 3 is 2.50 bits per heavy atom. The first-order chi connectivity index (χ1) is 12.2. The molecule has 0 radical (unpaired) electrons. The number of nitrogens with one attached hydrogen (secondary N) is 1. The zero-order valence-electron chi connectivity index (χ0n) is 15.1. The van der Waals surface area contributed by atoms with Gasteiger partial charge < -0.3 is 5.32 Å². The predicted molar refractivity (Wildman–Crippen MR) is 106 cm³/mol. The van der Waals surface area contributed by atoms with Gasteiger partial charge in [-0.05, 0) is 37.1 Å². The van der Waals surface area contributed by atoms with E-state index in [2.05, 4.69) is 5.32 Å². The van der Waals surface area contributed by atoms with Crippen LogP contribution in [0.15, 0.2) is 42.5 Å². The number of halogens is 1. The molecule has 0 spiro atoms. The molecule has 7 heteroatoms. The Hall–Kier alpha value is -2.05. The molecule has 2 aromatic carbocycles. The van der Waals surface area contributed by atoms with Gasteiger partial charge in [-0.25, -0.2) is 8.42 Å². The highest BCUT2D eigenvalue weighted by Gasteiger charge is 2.19. The van der Waals surface area contributed by atoms with Gasteiger partial charge in [-0.1, -0.05) is 47.5 Å². The smallest absolute Gasteiger partial charge is 0.232 e. The van der Waals surface area contributed by atoms with Gasteiger partial charge in [0.15, 0.2) is 0 Å². The van der Waals surface area contributed by atoms with E-state index < -0.39 is 10.0 Å². The van der Waals surface area contributed by atoms with Crippen molar-refractivity contribution in [3.63, 3.8) is 0 Å². The summed E-state index contributed by atoms with van der Waals surface area (Å²) in [7, 11) is -3.52. The summed E-state index contributed by atoms with van der Waals surface area (Å²) < 4.78 is 25.4. The highest BCUT2D eigenvalue weighted by Crippen LogP contribution is 2.25. The zero-order valence-corrected chi connectivity index (χ0v) is 16.7. The first-order valence-electron chi connectivity index (χ1n) is 8.23. The minimum atomic E-state index is -3.52. The average Bonchev–Trinajstić information content (AvgIpc) is 2.55. The molecule has 0 atom stereocenters. The van der Waals surface area contributed by atoms with Gasteiger partial charge in [0.1, 0.15) is 0 Å². The first-order valence-corrected chi connectivity index (χ1v) is 10.5. The molecule has 1 N–H and O–H groups in total. The van der Waals surface area contributed by atoms with Crippen molar-refractivity contribution in [3.05, 3.63) is 64.2 Å². The van der Waals surface area contributed by atoms with Crippen molar-refractivity contribution in [1.82, 2.24) is 5.32 Å². The van der Waals surface area contributed by atoms with E-state index in [-0.39, 0.29) is 18.9 Å². The van der Waals surface area contributed by atoms with Crippen LogP contribution in [0, 0.1) is 13.8 Å². The van der Waals surface area contributed by atoms with Crippen LogP contribution in [0.5, 0.6) is 0 Å². The number of anilines is 1. The number of benzene rings is 2. The monoisotopic (exact) mass is 394 g/mol. The number of hydrogen-bond donors (Lipinski definition) is 1. The maximum atomic E-state index is 12.1. The van der Waals surface area contributed by atoms with Crippen LogP contribution in [-0.4, -0.2) is 27.1 Å². The van der Waals surface area contributed by atoms with Crippen LogP contribution >= 0.6 is 11.6 Å². The molecule has 0 bridgehead atoms. The molecule has 1 amide bonds. The van der Waals surface area contributed by atoms with E-state index in [9.17, 15) is 13.2 Å². The number of amides is 1. The van der Waals surface area contributed by atoms with E-state index in [1.165, 1.54) is 4.31 Å². The normalized spacial score (nSPS) is 11.2. The molecule has 0 aromatic heterocycles. The Kier molecular flexibility index (Phi) is 6.67. The van der Waals surface area contributed by atoms with Gasteiger partial charge in [-0.2, -0.15) is 0 Å². The van der Waals surface area contributed by atoms with Crippen molar-refractivity contribution >= 4 is 33.2 Å². The van der Waals surface area contributed by atoms with Crippen molar-refractivity contribution in [2.75, 3.05) is 17.1 Å². The maximum absolute atomic E-state index is 12.1. The molecule has 26 heavy (non-hydrogen) atoms. The minimum Gasteiger partial charge on any atom is -0.352 e. The maximum Gasteiger partial charge on any atom is 0.232 e. The van der Waals surface area contributed by atoms with E-state index in [1.54, 1.807) is 18.2 Å². The molecule has 0 unspecified atom stereocenters. The van der Waals surface area contributed by atoms with Gasteiger partial charge in [-0.3, -0.25) is 9.10 Å². The van der Waals surface area contributed by atoms with Crippen LogP contribution in [-0.2, 0) is 21.4 Å². The quantitative estimate of drug-likeness (QED) is 0.782. The second kappa shape index (κ2) is 8.56. The fourth-order valence-electron chi connectivity index (χ4n) is 2.54. The van der Waals surface area contributed by atoms with Crippen LogP contribution < -0.4 is 9.62 Å². The molecule has 0 heterocycles. The van der Waals surface area contributed by atoms with Crippen molar-refractivity contribution < 1.29 is 13.2 Å². The van der Waals surface area contributed by atoms with Crippen molar-refractivity contribution in [3.8, 4) is 0 Å². The molecule has 0 aliphatic carbocycles. The van der Waals surface area contributed by atoms with Crippen LogP contribution in [0.2, 0.25) is 5.02 Å². The molecule has 0 saturated heterocycles. The molecule has 140 valence electrons. The molecular weight excluding hydrogens is 372 g/mol. The minimum absolute atomic E-state index is 0.0534. The third-order valence-corrected chi connectivity index (χ3v) is 5.56. The number of sulfonamides is 1. The van der Waals surface area contributed by atoms with Crippen molar-refractivity contribution in [1.29, 1.82) is 0 Å². The largest absolute Gasteiger partial charge is 0.352 e. The SMILES string of the molecule is Cc1cccc(CNC(=O)CCN(c2ccc(C)c(Cl)c2)S(C)(=O)=O)c1. The topological polar surface area (TPSA) is 66.5 Å². The van der Waals surface area contributed by atoms with E-state index in [0.29, 0.717) is 17.3 Å². The Morgan fingerprint density at radius 2 is 1.88 bits per heavy atom. The zero-order chi connectivity index (χ0) is 19.3. The summed E-state index contributed by atoms with van der Waals surface area (Å²) >= 11 is 6.10. The lowest BCUT2D eigenvalue weighted by molar-refractivity contribution is -0.121. The Balaban J connectivity index is 2.00. The summed E-state index contributed by atoms with van der Waals surface area (Å²) in [5, 5.41) is 3.30. The fraction of sp³-hybridized carbons (Fsp3) is 0.316. The molecule has 0 fully saturated rings. The average molecular weight is 395 g/mol. The number of hydrogen-bond acceptors (Lipinski definition) is 3. The van der Waals surface area contributed by atoms with Gasteiger partial charge in [0.05, 0.1) is 11.9 Å². The number of carbonyl (C=O) groups is 1. The van der Waals surface area contributed by atoms with Gasteiger partial charge in [0.2, 0.25) is 15.9 Å². The lowest BCUT2D eigenvalue weighted by atomic mass is 10.1. The van der Waals surface area contributed by atoms with Crippen LogP contribution in [0.25, 0.3) is 0 Å². The molecule has 2 rings (SSSR count). The Labute approximate surface area is 160 Å². The third kappa shape index (κ3) is 5.75. The second-order valence-electron chi connectivity index (χ2n) is 6.28. The number of rotatable bonds is 7. The van der Waals surface area contributed by atoms with Gasteiger partial charge in [0.25, 0.3) is 0 Å². The van der Waals surface area contributed by atoms with Gasteiger partial charge in [0, 0.05) is 24.5 Å². The second-order valence-corrected chi connectivity index (χ2v) is 8.60. The molecule has 0 aliphatic rings. The van der Waals surface area contributed by atoms with Crippen LogP contribution in [0.4, 0.5) is 5.69 Å². The summed E-state index contributed by atoms with van der Waals surface area (Å²) in [5.74, 6) is -0.210. The molecule has 2 aromatic rings. The number of carbonyl (C=O) groups excluding carboxylic acids is 1. The summed E-state index contributed by atoms with van der Waals surface area (Å²) in [4.78, 5) is 12.1. The molecule has 0 aliphatic heterocycles. The summed E-state index contributed by atoms with van der Waals surface area (Å²) in [6.07, 6.45) is 1.18. The van der Waals surface area contributed by atoms with Crippen LogP contribution in [0.3, 0.4) is 0 Å². The van der Waals surface area contributed by atoms with E-state index >= 15 is 0 Å². The Bertz CT molecular complexity index is 897. The molecular formula is C19H23ClN2O3S. The number of nitrogens with zero attached hydrogens (tertiary/aromatic N) is 1. The van der Waals surface area contributed by atoms with E-state index in [0.717, 1.165) is 22.9 Å². The Morgan fingerprint density at radius 1 is 1.15 bits per heavy atom.